The fourth-order valence-electron chi connectivity index (χ4n) is 2.74. The lowest BCUT2D eigenvalue weighted by Crippen LogP contribution is -2.80. The Balaban J connectivity index is 1.93. The number of carbonyl (C=O) groups excluding carboxylic acids is 1. The summed E-state index contributed by atoms with van der Waals surface area (Å²) in [5, 5.41) is 20.3. The minimum atomic E-state index is -1.37. The maximum Gasteiger partial charge on any atom is 0.412 e. The second kappa shape index (κ2) is 3.78. The first kappa shape index (κ1) is 12.1. The normalized spacial score (nSPS) is 47.5. The highest BCUT2D eigenvalue weighted by Crippen LogP contribution is 2.42. The predicted octanol–water partition coefficient (Wildman–Crippen LogP) is -2.39. The first-order chi connectivity index (χ1) is 8.56. The van der Waals surface area contributed by atoms with Crippen molar-refractivity contribution in [3.63, 3.8) is 0 Å². The molecule has 4 heterocycles. The van der Waals surface area contributed by atoms with Crippen LogP contribution in [0.1, 0.15) is 0 Å². The molecule has 0 aromatic rings. The van der Waals surface area contributed by atoms with Gasteiger partial charge in [0.05, 0.1) is 19.8 Å². The summed E-state index contributed by atoms with van der Waals surface area (Å²) in [6, 6.07) is 0. The first-order valence-corrected chi connectivity index (χ1v) is 5.84. The summed E-state index contributed by atoms with van der Waals surface area (Å²) >= 11 is 0. The minimum Gasteiger partial charge on any atom is -0.447 e. The Kier molecular flexibility index (Phi) is 2.55. The molecule has 8 heteroatoms. The third-order valence-corrected chi connectivity index (χ3v) is 4.00. The zero-order valence-electron chi connectivity index (χ0n) is 9.74. The highest BCUT2D eigenvalue weighted by Gasteiger charge is 2.66. The lowest BCUT2D eigenvalue weighted by Gasteiger charge is -2.59. The van der Waals surface area contributed by atoms with Gasteiger partial charge in [-0.05, 0) is 0 Å². The smallest absolute Gasteiger partial charge is 0.412 e. The number of cyclic esters (lactones) is 1. The van der Waals surface area contributed by atoms with Crippen molar-refractivity contribution in [1.29, 1.82) is 0 Å². The van der Waals surface area contributed by atoms with E-state index in [-0.39, 0.29) is 26.4 Å². The summed E-state index contributed by atoms with van der Waals surface area (Å²) < 4.78 is 16.0. The molecule has 4 fully saturated rings. The molecule has 4 aliphatic heterocycles. The van der Waals surface area contributed by atoms with Gasteiger partial charge in [-0.15, -0.1) is 0 Å². The summed E-state index contributed by atoms with van der Waals surface area (Å²) in [7, 11) is 0. The monoisotopic (exact) mass is 260 g/mol. The molecule has 0 spiro atoms. The van der Waals surface area contributed by atoms with Crippen molar-refractivity contribution in [3.05, 3.63) is 0 Å². The Morgan fingerprint density at radius 3 is 2.61 bits per heavy atom. The van der Waals surface area contributed by atoms with Gasteiger partial charge in [0.15, 0.2) is 5.72 Å². The van der Waals surface area contributed by atoms with Crippen LogP contribution in [0.25, 0.3) is 0 Å². The van der Waals surface area contributed by atoms with Gasteiger partial charge in [-0.25, -0.2) is 4.79 Å². The summed E-state index contributed by atoms with van der Waals surface area (Å²) in [6.45, 7) is 0.561. The van der Waals surface area contributed by atoms with Gasteiger partial charge in [-0.3, -0.25) is 4.90 Å². The molecule has 4 rings (SSSR count). The maximum absolute atomic E-state index is 11.6. The van der Waals surface area contributed by atoms with E-state index in [0.29, 0.717) is 6.54 Å². The highest BCUT2D eigenvalue weighted by atomic mass is 16.6. The fourth-order valence-corrected chi connectivity index (χ4v) is 2.74. The number of aliphatic hydroxyl groups is 2. The van der Waals surface area contributed by atoms with Crippen molar-refractivity contribution in [2.24, 2.45) is 5.73 Å². The number of hydrogen-bond donors (Lipinski definition) is 3. The number of ether oxygens (including phenoxy) is 3. The Hall–Kier alpha value is -0.930. The number of amides is 1. The number of rotatable bonds is 2. The van der Waals surface area contributed by atoms with Gasteiger partial charge in [0.2, 0.25) is 0 Å². The SMILES string of the molecule is NCC12COC(N3CCOC3=O)(CO1)C(O)C2O. The van der Waals surface area contributed by atoms with Gasteiger partial charge in [0.25, 0.3) is 0 Å². The number of hydrogen-bond acceptors (Lipinski definition) is 7. The van der Waals surface area contributed by atoms with Gasteiger partial charge in [-0.2, -0.15) is 0 Å². The van der Waals surface area contributed by atoms with Crippen molar-refractivity contribution in [3.8, 4) is 0 Å². The van der Waals surface area contributed by atoms with Crippen LogP contribution in [0, 0.1) is 0 Å². The molecule has 4 saturated heterocycles. The molecule has 8 nitrogen and oxygen atoms in total. The number of nitrogens with zero attached hydrogens (tertiary/aromatic N) is 1. The fraction of sp³-hybridized carbons (Fsp3) is 0.900. The molecule has 0 aromatic carbocycles. The molecule has 4 aliphatic rings. The van der Waals surface area contributed by atoms with E-state index in [1.807, 2.05) is 0 Å². The van der Waals surface area contributed by atoms with Crippen molar-refractivity contribution < 1.29 is 29.2 Å². The average Bonchev–Trinajstić information content (AvgIpc) is 2.83. The van der Waals surface area contributed by atoms with Gasteiger partial charge < -0.3 is 30.2 Å². The Morgan fingerprint density at radius 1 is 1.33 bits per heavy atom. The zero-order chi connectivity index (χ0) is 13.0. The lowest BCUT2D eigenvalue weighted by molar-refractivity contribution is -0.379. The van der Waals surface area contributed by atoms with E-state index in [4.69, 9.17) is 19.9 Å². The van der Waals surface area contributed by atoms with Gasteiger partial charge in [0.1, 0.15) is 24.4 Å². The average molecular weight is 260 g/mol. The summed E-state index contributed by atoms with van der Waals surface area (Å²) in [6.07, 6.45) is -3.04. The van der Waals surface area contributed by atoms with E-state index in [1.54, 1.807) is 0 Å². The van der Waals surface area contributed by atoms with Crippen molar-refractivity contribution >= 4 is 6.09 Å². The molecule has 2 bridgehead atoms. The molecule has 0 aliphatic carbocycles. The minimum absolute atomic E-state index is 0.0302. The van der Waals surface area contributed by atoms with E-state index >= 15 is 0 Å². The first-order valence-electron chi connectivity index (χ1n) is 5.84. The molecule has 4 atom stereocenters. The largest absolute Gasteiger partial charge is 0.447 e. The van der Waals surface area contributed by atoms with Crippen LogP contribution in [-0.4, -0.2) is 77.7 Å². The third kappa shape index (κ3) is 1.29. The molecular weight excluding hydrogens is 244 g/mol. The Bertz CT molecular complexity index is 367. The van der Waals surface area contributed by atoms with E-state index < -0.39 is 29.6 Å². The van der Waals surface area contributed by atoms with Gasteiger partial charge >= 0.3 is 6.09 Å². The van der Waals surface area contributed by atoms with Gasteiger partial charge in [-0.1, -0.05) is 0 Å². The molecule has 18 heavy (non-hydrogen) atoms. The quantitative estimate of drug-likeness (QED) is 0.507. The molecule has 1 amide bonds. The van der Waals surface area contributed by atoms with E-state index in [2.05, 4.69) is 0 Å². The number of aliphatic hydroxyl groups excluding tert-OH is 2. The second-order valence-corrected chi connectivity index (χ2v) is 4.85. The molecular formula is C10H16N2O6. The van der Waals surface area contributed by atoms with E-state index in [0.717, 1.165) is 0 Å². The Morgan fingerprint density at radius 2 is 2.11 bits per heavy atom. The highest BCUT2D eigenvalue weighted by molar-refractivity contribution is 5.70. The zero-order valence-corrected chi connectivity index (χ0v) is 9.74. The van der Waals surface area contributed by atoms with Gasteiger partial charge in [0, 0.05) is 6.54 Å². The number of fused-ring (bicyclic) bond motifs is 3. The van der Waals surface area contributed by atoms with Crippen molar-refractivity contribution in [2.75, 3.05) is 32.9 Å². The van der Waals surface area contributed by atoms with Crippen LogP contribution in [0.2, 0.25) is 0 Å². The number of carbonyl (C=O) groups is 1. The lowest BCUT2D eigenvalue weighted by atomic mass is 9.81. The topological polar surface area (TPSA) is 114 Å². The van der Waals surface area contributed by atoms with Crippen LogP contribution in [0.3, 0.4) is 0 Å². The van der Waals surface area contributed by atoms with Crippen LogP contribution in [0.4, 0.5) is 4.79 Å². The van der Waals surface area contributed by atoms with Crippen LogP contribution in [-0.2, 0) is 14.2 Å². The summed E-state index contributed by atoms with van der Waals surface area (Å²) in [4.78, 5) is 12.9. The predicted molar refractivity (Wildman–Crippen MR) is 56.5 cm³/mol. The third-order valence-electron chi connectivity index (χ3n) is 4.00. The van der Waals surface area contributed by atoms with Crippen LogP contribution < -0.4 is 5.73 Å². The molecule has 102 valence electrons. The summed E-state index contributed by atoms with van der Waals surface area (Å²) in [5.74, 6) is 0. The van der Waals surface area contributed by atoms with Crippen LogP contribution in [0.5, 0.6) is 0 Å². The van der Waals surface area contributed by atoms with E-state index in [1.165, 1.54) is 4.90 Å². The molecule has 0 radical (unpaired) electrons. The van der Waals surface area contributed by atoms with Crippen LogP contribution in [0.15, 0.2) is 0 Å². The molecule has 0 saturated carbocycles. The maximum atomic E-state index is 11.6. The number of nitrogens with two attached hydrogens (primary N) is 1. The Labute approximate surface area is 103 Å². The molecule has 4 N–H and O–H groups in total. The molecule has 4 unspecified atom stereocenters. The second-order valence-electron chi connectivity index (χ2n) is 4.85. The van der Waals surface area contributed by atoms with Crippen molar-refractivity contribution in [1.82, 2.24) is 4.90 Å². The molecule has 0 aromatic heterocycles. The summed E-state index contributed by atoms with van der Waals surface area (Å²) in [5.41, 5.74) is 3.10. The van der Waals surface area contributed by atoms with E-state index in [9.17, 15) is 15.0 Å². The van der Waals surface area contributed by atoms with Crippen molar-refractivity contribution in [2.45, 2.75) is 23.5 Å². The van der Waals surface area contributed by atoms with Crippen LogP contribution >= 0.6 is 0 Å². The standard InChI is InChI=1S/C10H16N2O6/c11-3-9-4-18-10(5-17-9,7(14)6(9)13)12-1-2-16-8(12)15/h6-7,13-14H,1-5,11H2.